The van der Waals surface area contributed by atoms with Crippen molar-refractivity contribution in [1.29, 1.82) is 0 Å². The van der Waals surface area contributed by atoms with E-state index >= 15 is 0 Å². The second-order valence-electron chi connectivity index (χ2n) is 7.15. The quantitative estimate of drug-likeness (QED) is 0.850. The van der Waals surface area contributed by atoms with E-state index in [-0.39, 0.29) is 5.54 Å². The maximum Gasteiger partial charge on any atom is 0.0412 e. The van der Waals surface area contributed by atoms with Crippen LogP contribution < -0.4 is 5.73 Å². The Morgan fingerprint density at radius 1 is 1.26 bits per heavy atom. The van der Waals surface area contributed by atoms with Gasteiger partial charge >= 0.3 is 0 Å². The Bertz CT molecular complexity index is 423. The smallest absolute Gasteiger partial charge is 0.0412 e. The van der Waals surface area contributed by atoms with Crippen LogP contribution in [0.2, 0.25) is 0 Å². The van der Waals surface area contributed by atoms with E-state index in [9.17, 15) is 0 Å². The van der Waals surface area contributed by atoms with Gasteiger partial charge in [-0.05, 0) is 54.6 Å². The van der Waals surface area contributed by atoms with Crippen LogP contribution in [0, 0.1) is 17.8 Å². The monoisotopic (exact) mass is 259 g/mol. The molecular formula is C18H29N. The molecule has 106 valence electrons. The van der Waals surface area contributed by atoms with Gasteiger partial charge in [0.15, 0.2) is 0 Å². The summed E-state index contributed by atoms with van der Waals surface area (Å²) in [6, 6.07) is 9.00. The maximum atomic E-state index is 6.73. The van der Waals surface area contributed by atoms with Gasteiger partial charge in [0.25, 0.3) is 0 Å². The van der Waals surface area contributed by atoms with Gasteiger partial charge in [-0.2, -0.15) is 0 Å². The second-order valence-corrected chi connectivity index (χ2v) is 7.15. The van der Waals surface area contributed by atoms with Gasteiger partial charge in [0, 0.05) is 5.54 Å². The third-order valence-corrected chi connectivity index (χ3v) is 4.85. The first-order chi connectivity index (χ1) is 8.90. The predicted molar refractivity (Wildman–Crippen MR) is 83.0 cm³/mol. The Morgan fingerprint density at radius 3 is 2.63 bits per heavy atom. The zero-order valence-corrected chi connectivity index (χ0v) is 12.9. The molecule has 1 fully saturated rings. The van der Waals surface area contributed by atoms with Crippen molar-refractivity contribution in [1.82, 2.24) is 0 Å². The fraction of sp³-hybridized carbons (Fsp3) is 0.667. The molecule has 1 aliphatic carbocycles. The average Bonchev–Trinajstić information content (AvgIpc) is 2.34. The SMILES string of the molecule is CC(C)Cc1cccc(C2(N)CCC(C)C(C)C2)c1. The largest absolute Gasteiger partial charge is 0.321 e. The van der Waals surface area contributed by atoms with E-state index in [4.69, 9.17) is 5.73 Å². The Kier molecular flexibility index (Phi) is 4.35. The van der Waals surface area contributed by atoms with E-state index in [1.165, 1.54) is 17.5 Å². The molecule has 2 rings (SSSR count). The maximum absolute atomic E-state index is 6.73. The van der Waals surface area contributed by atoms with Crippen LogP contribution in [0.15, 0.2) is 24.3 Å². The van der Waals surface area contributed by atoms with Crippen molar-refractivity contribution < 1.29 is 0 Å². The Hall–Kier alpha value is -0.820. The van der Waals surface area contributed by atoms with Crippen LogP contribution in [0.3, 0.4) is 0 Å². The number of hydrogen-bond acceptors (Lipinski definition) is 1. The standard InChI is InChI=1S/C18H29N/c1-13(2)10-16-6-5-7-17(11-16)18(19)9-8-14(3)15(4)12-18/h5-7,11,13-15H,8-10,12,19H2,1-4H3. The summed E-state index contributed by atoms with van der Waals surface area (Å²) < 4.78 is 0. The Balaban J connectivity index is 2.21. The molecule has 0 bridgehead atoms. The van der Waals surface area contributed by atoms with E-state index < -0.39 is 0 Å². The Morgan fingerprint density at radius 2 is 2.00 bits per heavy atom. The van der Waals surface area contributed by atoms with Crippen molar-refractivity contribution in [3.63, 3.8) is 0 Å². The number of rotatable bonds is 3. The summed E-state index contributed by atoms with van der Waals surface area (Å²) in [6.45, 7) is 9.26. The van der Waals surface area contributed by atoms with Gasteiger partial charge in [0.05, 0.1) is 0 Å². The zero-order valence-electron chi connectivity index (χ0n) is 12.9. The fourth-order valence-corrected chi connectivity index (χ4v) is 3.39. The minimum Gasteiger partial charge on any atom is -0.321 e. The highest BCUT2D eigenvalue weighted by atomic mass is 14.8. The van der Waals surface area contributed by atoms with Crippen LogP contribution >= 0.6 is 0 Å². The molecule has 2 N–H and O–H groups in total. The first-order valence-corrected chi connectivity index (χ1v) is 7.79. The molecule has 19 heavy (non-hydrogen) atoms. The molecule has 1 aromatic rings. The van der Waals surface area contributed by atoms with Crippen LogP contribution in [-0.4, -0.2) is 0 Å². The van der Waals surface area contributed by atoms with Gasteiger partial charge in [0.1, 0.15) is 0 Å². The topological polar surface area (TPSA) is 26.0 Å². The Labute approximate surface area is 118 Å². The summed E-state index contributed by atoms with van der Waals surface area (Å²) in [7, 11) is 0. The van der Waals surface area contributed by atoms with Crippen molar-refractivity contribution in [3.8, 4) is 0 Å². The number of nitrogens with two attached hydrogens (primary N) is 1. The minimum atomic E-state index is -0.0983. The molecule has 0 aliphatic heterocycles. The summed E-state index contributed by atoms with van der Waals surface area (Å²) in [5.41, 5.74) is 9.42. The van der Waals surface area contributed by atoms with Crippen molar-refractivity contribution >= 4 is 0 Å². The molecule has 0 amide bonds. The second kappa shape index (κ2) is 5.66. The molecule has 3 atom stereocenters. The highest BCUT2D eigenvalue weighted by Crippen LogP contribution is 2.40. The van der Waals surface area contributed by atoms with E-state index in [0.717, 1.165) is 31.1 Å². The van der Waals surface area contributed by atoms with Gasteiger partial charge in [-0.25, -0.2) is 0 Å². The molecule has 1 aromatic carbocycles. The minimum absolute atomic E-state index is 0.0983. The van der Waals surface area contributed by atoms with Crippen molar-refractivity contribution in [2.75, 3.05) is 0 Å². The van der Waals surface area contributed by atoms with Gasteiger partial charge in [-0.1, -0.05) is 52.0 Å². The molecule has 1 saturated carbocycles. The molecule has 3 unspecified atom stereocenters. The summed E-state index contributed by atoms with van der Waals surface area (Å²) in [5, 5.41) is 0. The first-order valence-electron chi connectivity index (χ1n) is 7.79. The molecule has 1 aliphatic rings. The van der Waals surface area contributed by atoms with Crippen LogP contribution in [0.25, 0.3) is 0 Å². The lowest BCUT2D eigenvalue weighted by Crippen LogP contribution is -2.43. The lowest BCUT2D eigenvalue weighted by Gasteiger charge is -2.40. The molecule has 0 heterocycles. The summed E-state index contributed by atoms with van der Waals surface area (Å²) in [5.74, 6) is 2.25. The zero-order chi connectivity index (χ0) is 14.0. The lowest BCUT2D eigenvalue weighted by molar-refractivity contribution is 0.177. The third kappa shape index (κ3) is 3.39. The molecule has 0 aromatic heterocycles. The van der Waals surface area contributed by atoms with E-state index in [1.54, 1.807) is 0 Å². The highest BCUT2D eigenvalue weighted by Gasteiger charge is 2.35. The van der Waals surface area contributed by atoms with Crippen LogP contribution in [0.1, 0.15) is 58.1 Å². The van der Waals surface area contributed by atoms with Gasteiger partial charge < -0.3 is 5.73 Å². The summed E-state index contributed by atoms with van der Waals surface area (Å²) in [4.78, 5) is 0. The molecule has 0 saturated heterocycles. The summed E-state index contributed by atoms with van der Waals surface area (Å²) in [6.07, 6.45) is 4.66. The molecule has 1 nitrogen and oxygen atoms in total. The van der Waals surface area contributed by atoms with Crippen LogP contribution in [-0.2, 0) is 12.0 Å². The third-order valence-electron chi connectivity index (χ3n) is 4.85. The lowest BCUT2D eigenvalue weighted by atomic mass is 9.69. The van der Waals surface area contributed by atoms with E-state index in [2.05, 4.69) is 52.0 Å². The molecular weight excluding hydrogens is 230 g/mol. The van der Waals surface area contributed by atoms with Crippen molar-refractivity contribution in [2.45, 2.75) is 58.9 Å². The average molecular weight is 259 g/mol. The van der Waals surface area contributed by atoms with Gasteiger partial charge in [0.2, 0.25) is 0 Å². The molecule has 0 spiro atoms. The van der Waals surface area contributed by atoms with Gasteiger partial charge in [-0.3, -0.25) is 0 Å². The van der Waals surface area contributed by atoms with E-state index in [0.29, 0.717) is 5.92 Å². The predicted octanol–water partition coefficient (Wildman–Crippen LogP) is 4.50. The van der Waals surface area contributed by atoms with Crippen LogP contribution in [0.5, 0.6) is 0 Å². The fourth-order valence-electron chi connectivity index (χ4n) is 3.39. The summed E-state index contributed by atoms with van der Waals surface area (Å²) >= 11 is 0. The normalized spacial score (nSPS) is 31.7. The molecule has 1 heteroatoms. The van der Waals surface area contributed by atoms with Gasteiger partial charge in [-0.15, -0.1) is 0 Å². The number of hydrogen-bond donors (Lipinski definition) is 1. The van der Waals surface area contributed by atoms with E-state index in [1.807, 2.05) is 0 Å². The first kappa shape index (κ1) is 14.6. The van der Waals surface area contributed by atoms with Crippen LogP contribution in [0.4, 0.5) is 0 Å². The van der Waals surface area contributed by atoms with Crippen molar-refractivity contribution in [2.24, 2.45) is 23.5 Å². The van der Waals surface area contributed by atoms with Crippen molar-refractivity contribution in [3.05, 3.63) is 35.4 Å². The number of benzene rings is 1. The molecule has 0 radical (unpaired) electrons. The highest BCUT2D eigenvalue weighted by molar-refractivity contribution is 5.30.